The molecule has 0 unspecified atom stereocenters. The monoisotopic (exact) mass is 292 g/mol. The first kappa shape index (κ1) is 14.2. The van der Waals surface area contributed by atoms with Crippen molar-refractivity contribution in [1.82, 2.24) is 5.32 Å². The van der Waals surface area contributed by atoms with Gasteiger partial charge >= 0.3 is 0 Å². The summed E-state index contributed by atoms with van der Waals surface area (Å²) in [4.78, 5) is 2.50. The summed E-state index contributed by atoms with van der Waals surface area (Å²) in [6.45, 7) is 3.26. The first-order valence-corrected chi connectivity index (χ1v) is 8.47. The standard InChI is InChI=1S/C17H25ClN2/c18-17-12-16(20-10-4-2-1-3-5-11-20)9-6-14(17)13-19-15-7-8-15/h6,9,12,15,19H,1-5,7-8,10-11,13H2. The fraction of sp³-hybridized carbons (Fsp3) is 0.647. The maximum atomic E-state index is 6.46. The fourth-order valence-corrected chi connectivity index (χ4v) is 3.17. The zero-order valence-electron chi connectivity index (χ0n) is 12.2. The molecule has 0 spiro atoms. The molecule has 110 valence electrons. The summed E-state index contributed by atoms with van der Waals surface area (Å²) in [6.07, 6.45) is 9.40. The van der Waals surface area contributed by atoms with E-state index in [1.165, 1.54) is 69.3 Å². The summed E-state index contributed by atoms with van der Waals surface area (Å²) in [7, 11) is 0. The van der Waals surface area contributed by atoms with Gasteiger partial charge in [0.15, 0.2) is 0 Å². The van der Waals surface area contributed by atoms with E-state index in [0.29, 0.717) is 0 Å². The number of hydrogen-bond donors (Lipinski definition) is 1. The second-order valence-electron chi connectivity index (χ2n) is 6.19. The third kappa shape index (κ3) is 3.89. The van der Waals surface area contributed by atoms with E-state index in [2.05, 4.69) is 28.4 Å². The van der Waals surface area contributed by atoms with Crippen molar-refractivity contribution in [3.63, 3.8) is 0 Å². The van der Waals surface area contributed by atoms with E-state index in [9.17, 15) is 0 Å². The second-order valence-corrected chi connectivity index (χ2v) is 6.59. The largest absolute Gasteiger partial charge is 0.371 e. The molecule has 1 heterocycles. The highest BCUT2D eigenvalue weighted by Crippen LogP contribution is 2.27. The molecule has 0 atom stereocenters. The Hall–Kier alpha value is -0.730. The van der Waals surface area contributed by atoms with Gasteiger partial charge in [-0.25, -0.2) is 0 Å². The van der Waals surface area contributed by atoms with Gasteiger partial charge in [-0.05, 0) is 43.4 Å². The highest BCUT2D eigenvalue weighted by molar-refractivity contribution is 6.31. The van der Waals surface area contributed by atoms with Crippen LogP contribution in [0.5, 0.6) is 0 Å². The lowest BCUT2D eigenvalue weighted by atomic mass is 10.1. The minimum absolute atomic E-state index is 0.736. The van der Waals surface area contributed by atoms with Crippen LogP contribution in [0.15, 0.2) is 18.2 Å². The molecule has 0 aromatic heterocycles. The molecule has 2 nitrogen and oxygen atoms in total. The van der Waals surface area contributed by atoms with Crippen LogP contribution in [0.1, 0.15) is 50.5 Å². The van der Waals surface area contributed by atoms with Crippen LogP contribution in [-0.2, 0) is 6.54 Å². The van der Waals surface area contributed by atoms with E-state index in [1.54, 1.807) is 0 Å². The van der Waals surface area contributed by atoms with Gasteiger partial charge in [-0.15, -0.1) is 0 Å². The molecule has 20 heavy (non-hydrogen) atoms. The molecule has 1 N–H and O–H groups in total. The average molecular weight is 293 g/mol. The molecule has 2 fully saturated rings. The highest BCUT2D eigenvalue weighted by atomic mass is 35.5. The molecule has 1 aliphatic carbocycles. The molecule has 1 aromatic rings. The molecule has 1 saturated heterocycles. The first-order valence-electron chi connectivity index (χ1n) is 8.10. The van der Waals surface area contributed by atoms with Crippen LogP contribution in [0.25, 0.3) is 0 Å². The van der Waals surface area contributed by atoms with Crippen LogP contribution < -0.4 is 10.2 Å². The molecule has 1 aromatic carbocycles. The lowest BCUT2D eigenvalue weighted by molar-refractivity contribution is 0.556. The van der Waals surface area contributed by atoms with Crippen molar-refractivity contribution in [1.29, 1.82) is 0 Å². The molecular weight excluding hydrogens is 268 g/mol. The third-order valence-corrected chi connectivity index (χ3v) is 4.77. The van der Waals surface area contributed by atoms with Crippen molar-refractivity contribution >= 4 is 17.3 Å². The molecule has 3 heteroatoms. The van der Waals surface area contributed by atoms with Gasteiger partial charge < -0.3 is 10.2 Å². The predicted molar refractivity (Wildman–Crippen MR) is 86.6 cm³/mol. The van der Waals surface area contributed by atoms with Gasteiger partial charge in [-0.1, -0.05) is 36.9 Å². The SMILES string of the molecule is Clc1cc(N2CCCCCCC2)ccc1CNC1CC1. The van der Waals surface area contributed by atoms with E-state index >= 15 is 0 Å². The molecule has 0 radical (unpaired) electrons. The molecule has 2 aliphatic rings. The third-order valence-electron chi connectivity index (χ3n) is 4.42. The number of anilines is 1. The van der Waals surface area contributed by atoms with Crippen molar-refractivity contribution in [2.45, 2.75) is 57.5 Å². The summed E-state index contributed by atoms with van der Waals surface area (Å²) in [5.41, 5.74) is 2.53. The smallest absolute Gasteiger partial charge is 0.0471 e. The van der Waals surface area contributed by atoms with Gasteiger partial charge in [0.2, 0.25) is 0 Å². The van der Waals surface area contributed by atoms with Crippen LogP contribution in [0, 0.1) is 0 Å². The Balaban J connectivity index is 1.64. The Morgan fingerprint density at radius 2 is 1.75 bits per heavy atom. The van der Waals surface area contributed by atoms with E-state index in [0.717, 1.165) is 17.6 Å². The maximum absolute atomic E-state index is 6.46. The minimum Gasteiger partial charge on any atom is -0.371 e. The second kappa shape index (κ2) is 6.82. The zero-order chi connectivity index (χ0) is 13.8. The molecule has 1 saturated carbocycles. The van der Waals surface area contributed by atoms with Crippen molar-refractivity contribution in [2.24, 2.45) is 0 Å². The molecule has 0 bridgehead atoms. The quantitative estimate of drug-likeness (QED) is 0.887. The maximum Gasteiger partial charge on any atom is 0.0471 e. The Kier molecular flexibility index (Phi) is 4.85. The van der Waals surface area contributed by atoms with E-state index < -0.39 is 0 Å². The number of halogens is 1. The lowest BCUT2D eigenvalue weighted by Crippen LogP contribution is -2.27. The van der Waals surface area contributed by atoms with Crippen LogP contribution in [0.3, 0.4) is 0 Å². The van der Waals surface area contributed by atoms with Crippen molar-refractivity contribution in [3.05, 3.63) is 28.8 Å². The Morgan fingerprint density at radius 3 is 2.40 bits per heavy atom. The first-order chi connectivity index (χ1) is 9.83. The van der Waals surface area contributed by atoms with E-state index in [-0.39, 0.29) is 0 Å². The van der Waals surface area contributed by atoms with E-state index in [1.807, 2.05) is 0 Å². The summed E-state index contributed by atoms with van der Waals surface area (Å²) < 4.78 is 0. The summed E-state index contributed by atoms with van der Waals surface area (Å²) >= 11 is 6.46. The number of nitrogens with one attached hydrogen (secondary N) is 1. The number of rotatable bonds is 4. The zero-order valence-corrected chi connectivity index (χ0v) is 13.0. The van der Waals surface area contributed by atoms with Crippen molar-refractivity contribution in [3.8, 4) is 0 Å². The number of hydrogen-bond acceptors (Lipinski definition) is 2. The molecule has 1 aliphatic heterocycles. The van der Waals surface area contributed by atoms with Gasteiger partial charge in [0.1, 0.15) is 0 Å². The van der Waals surface area contributed by atoms with Gasteiger partial charge in [0.25, 0.3) is 0 Å². The Labute approximate surface area is 127 Å². The van der Waals surface area contributed by atoms with Gasteiger partial charge in [0, 0.05) is 36.4 Å². The number of benzene rings is 1. The Morgan fingerprint density at radius 1 is 1.05 bits per heavy atom. The molecular formula is C17H25ClN2. The topological polar surface area (TPSA) is 15.3 Å². The molecule has 3 rings (SSSR count). The Bertz CT molecular complexity index is 435. The minimum atomic E-state index is 0.736. The van der Waals surface area contributed by atoms with Crippen LogP contribution in [-0.4, -0.2) is 19.1 Å². The van der Waals surface area contributed by atoms with Crippen LogP contribution in [0.4, 0.5) is 5.69 Å². The van der Waals surface area contributed by atoms with Crippen LogP contribution in [0.2, 0.25) is 5.02 Å². The van der Waals surface area contributed by atoms with Crippen molar-refractivity contribution < 1.29 is 0 Å². The van der Waals surface area contributed by atoms with E-state index in [4.69, 9.17) is 11.6 Å². The predicted octanol–water partition coefficient (Wildman–Crippen LogP) is 4.36. The summed E-state index contributed by atoms with van der Waals surface area (Å²) in [5, 5.41) is 4.45. The summed E-state index contributed by atoms with van der Waals surface area (Å²) in [5.74, 6) is 0. The molecule has 0 amide bonds. The normalized spacial score (nSPS) is 20.6. The van der Waals surface area contributed by atoms with Gasteiger partial charge in [-0.2, -0.15) is 0 Å². The summed E-state index contributed by atoms with van der Waals surface area (Å²) in [6, 6.07) is 7.34. The van der Waals surface area contributed by atoms with Crippen LogP contribution >= 0.6 is 11.6 Å². The van der Waals surface area contributed by atoms with Gasteiger partial charge in [0.05, 0.1) is 0 Å². The number of nitrogens with zero attached hydrogens (tertiary/aromatic N) is 1. The fourth-order valence-electron chi connectivity index (χ4n) is 2.92. The average Bonchev–Trinajstić information content (AvgIpc) is 3.21. The van der Waals surface area contributed by atoms with Gasteiger partial charge in [-0.3, -0.25) is 0 Å². The lowest BCUT2D eigenvalue weighted by Gasteiger charge is -2.27. The highest BCUT2D eigenvalue weighted by Gasteiger charge is 2.20. The van der Waals surface area contributed by atoms with Crippen molar-refractivity contribution in [2.75, 3.05) is 18.0 Å².